The second-order valence-electron chi connectivity index (χ2n) is 2.55. The molecule has 0 atom stereocenters. The van der Waals surface area contributed by atoms with E-state index in [1.165, 1.54) is 17.3 Å². The van der Waals surface area contributed by atoms with Gasteiger partial charge in [0.25, 0.3) is 13.6 Å². The first-order valence-corrected chi connectivity index (χ1v) is 4.99. The molecule has 0 amide bonds. The first-order valence-electron chi connectivity index (χ1n) is 4.40. The van der Waals surface area contributed by atoms with Crippen LogP contribution in [0, 0.1) is 0 Å². The average Bonchev–Trinajstić information content (AvgIpc) is 2.98. The third-order valence-electron chi connectivity index (χ3n) is 1.55. The predicted octanol–water partition coefficient (Wildman–Crippen LogP) is 1.38. The van der Waals surface area contributed by atoms with Gasteiger partial charge in [-0.25, -0.2) is 0 Å². The van der Waals surface area contributed by atoms with Crippen molar-refractivity contribution in [2.45, 2.75) is 19.3 Å². The summed E-state index contributed by atoms with van der Waals surface area (Å²) in [7, 11) is 0. The Bertz CT molecular complexity index is 174. The van der Waals surface area contributed by atoms with Crippen molar-refractivity contribution in [3.8, 4) is 0 Å². The molecule has 2 aliphatic rings. The van der Waals surface area contributed by atoms with Crippen LogP contribution in [0.4, 0.5) is 0 Å². The summed E-state index contributed by atoms with van der Waals surface area (Å²) in [6.07, 6.45) is 9.95. The summed E-state index contributed by atoms with van der Waals surface area (Å²) in [6, 6.07) is 0. The average molecular weight is 248 g/mol. The van der Waals surface area contributed by atoms with Crippen LogP contribution < -0.4 is 0 Å². The molecule has 82 valence electrons. The summed E-state index contributed by atoms with van der Waals surface area (Å²) in [4.78, 5) is 15.0. The van der Waals surface area contributed by atoms with Crippen molar-refractivity contribution in [3.63, 3.8) is 0 Å². The minimum absolute atomic E-state index is 1.00. The van der Waals surface area contributed by atoms with Crippen LogP contribution in [-0.4, -0.2) is 26.8 Å². The summed E-state index contributed by atoms with van der Waals surface area (Å²) in [5.74, 6) is 0. The van der Waals surface area contributed by atoms with E-state index in [1.807, 2.05) is 0 Å². The molecule has 0 bridgehead atoms. The first-order chi connectivity index (χ1) is 7.39. The van der Waals surface area contributed by atoms with Crippen LogP contribution in [0.2, 0.25) is 0 Å². The summed E-state index contributed by atoms with van der Waals surface area (Å²) < 4.78 is 6.16. The van der Waals surface area contributed by atoms with Gasteiger partial charge in [0.05, 0.1) is 0 Å². The van der Waals surface area contributed by atoms with Crippen molar-refractivity contribution < 1.29 is 30.3 Å². The minimum atomic E-state index is 1.00. The maximum absolute atomic E-state index is 7.50. The SMILES string of the molecule is C1CCOC1.[C]=O.[C]=O.[Mn][C]1=CCC=C1. The van der Waals surface area contributed by atoms with Crippen molar-refractivity contribution in [2.75, 3.05) is 13.2 Å². The van der Waals surface area contributed by atoms with E-state index in [0.717, 1.165) is 19.6 Å². The van der Waals surface area contributed by atoms with E-state index < -0.39 is 0 Å². The number of rotatable bonds is 0. The number of ether oxygens (including phenoxy) is 1. The van der Waals surface area contributed by atoms with Crippen molar-refractivity contribution in [1.82, 2.24) is 0 Å². The van der Waals surface area contributed by atoms with Crippen LogP contribution >= 0.6 is 0 Å². The van der Waals surface area contributed by atoms with Crippen molar-refractivity contribution in [1.29, 1.82) is 0 Å². The molecule has 1 fully saturated rings. The fourth-order valence-corrected chi connectivity index (χ4v) is 1.22. The molecule has 0 aromatic rings. The van der Waals surface area contributed by atoms with E-state index in [9.17, 15) is 0 Å². The molecule has 1 aliphatic heterocycles. The Kier molecular flexibility index (Phi) is 17.6. The van der Waals surface area contributed by atoms with Crippen LogP contribution in [0.1, 0.15) is 19.3 Å². The predicted molar refractivity (Wildman–Crippen MR) is 53.3 cm³/mol. The summed E-state index contributed by atoms with van der Waals surface area (Å²) >= 11 is 3.31. The van der Waals surface area contributed by atoms with Gasteiger partial charge >= 0.3 is 45.1 Å². The Morgan fingerprint density at radius 1 is 1.13 bits per heavy atom. The van der Waals surface area contributed by atoms with E-state index in [2.05, 4.69) is 47.8 Å². The van der Waals surface area contributed by atoms with Crippen LogP contribution in [0.25, 0.3) is 0 Å². The Morgan fingerprint density at radius 3 is 1.80 bits per heavy atom. The molecular formula is C11H13MnO3. The van der Waals surface area contributed by atoms with Crippen LogP contribution in [0.15, 0.2) is 22.7 Å². The zero-order valence-electron chi connectivity index (χ0n) is 8.37. The van der Waals surface area contributed by atoms with E-state index >= 15 is 0 Å². The van der Waals surface area contributed by atoms with Crippen molar-refractivity contribution in [2.24, 2.45) is 0 Å². The molecule has 0 N–H and O–H groups in total. The standard InChI is InChI=1S/C5H5.C4H8O.2CO.Mn/c2*1-2-4-5-3-1;2*1-2;/h1-2,5H,3H2;1-4H2;;;. The molecule has 4 radical (unpaired) electrons. The zero-order chi connectivity index (χ0) is 11.9. The van der Waals surface area contributed by atoms with Crippen LogP contribution in [0.5, 0.6) is 0 Å². The van der Waals surface area contributed by atoms with E-state index in [4.69, 9.17) is 14.3 Å². The number of allylic oxidation sites excluding steroid dienone is 4. The van der Waals surface area contributed by atoms with E-state index in [0.29, 0.717) is 0 Å². The fourth-order valence-electron chi connectivity index (χ4n) is 0.940. The molecule has 3 nitrogen and oxygen atoms in total. The van der Waals surface area contributed by atoms with Crippen molar-refractivity contribution in [3.05, 3.63) is 22.7 Å². The second-order valence-corrected chi connectivity index (χ2v) is 3.23. The molecule has 0 aromatic carbocycles. The summed E-state index contributed by atoms with van der Waals surface area (Å²) in [5.41, 5.74) is 0. The zero-order valence-corrected chi connectivity index (χ0v) is 9.55. The summed E-state index contributed by atoms with van der Waals surface area (Å²) in [6.45, 7) is 11.0. The molecule has 1 saturated heterocycles. The molecular weight excluding hydrogens is 235 g/mol. The summed E-state index contributed by atoms with van der Waals surface area (Å²) in [5, 5.41) is 0. The molecule has 1 heterocycles. The number of hydrogen-bond donors (Lipinski definition) is 0. The maximum atomic E-state index is 7.50. The van der Waals surface area contributed by atoms with Gasteiger partial charge in [0, 0.05) is 13.2 Å². The van der Waals surface area contributed by atoms with Gasteiger partial charge in [0.1, 0.15) is 0 Å². The Labute approximate surface area is 99.4 Å². The topological polar surface area (TPSA) is 43.4 Å². The fraction of sp³-hybridized carbons (Fsp3) is 0.455. The van der Waals surface area contributed by atoms with Gasteiger partial charge in [0.2, 0.25) is 0 Å². The molecule has 15 heavy (non-hydrogen) atoms. The van der Waals surface area contributed by atoms with E-state index in [-0.39, 0.29) is 0 Å². The van der Waals surface area contributed by atoms with Crippen LogP contribution in [0.3, 0.4) is 0 Å². The quantitative estimate of drug-likeness (QED) is 0.608. The molecule has 2 rings (SSSR count). The Morgan fingerprint density at radius 2 is 1.67 bits per heavy atom. The number of hydrogen-bond acceptors (Lipinski definition) is 3. The molecule has 4 heteroatoms. The molecule has 1 aliphatic carbocycles. The third kappa shape index (κ3) is 13.3. The van der Waals surface area contributed by atoms with Gasteiger partial charge in [-0.2, -0.15) is 0 Å². The Balaban J connectivity index is 0. The number of carbonyl (C=O) groups excluding carboxylic acids is 2. The molecule has 0 unspecified atom stereocenters. The monoisotopic (exact) mass is 248 g/mol. The first kappa shape index (κ1) is 16.7. The normalized spacial score (nSPS) is 15.9. The van der Waals surface area contributed by atoms with Crippen LogP contribution in [-0.2, 0) is 30.3 Å². The Hall–Kier alpha value is -0.701. The molecule has 0 aromatic heterocycles. The molecule has 0 saturated carbocycles. The van der Waals surface area contributed by atoms with Gasteiger partial charge in [-0.15, -0.1) is 0 Å². The van der Waals surface area contributed by atoms with E-state index in [1.54, 1.807) is 0 Å². The molecule has 0 spiro atoms. The van der Waals surface area contributed by atoms with Gasteiger partial charge in [0.15, 0.2) is 0 Å². The van der Waals surface area contributed by atoms with Gasteiger partial charge in [-0.05, 0) is 12.8 Å². The van der Waals surface area contributed by atoms with Crippen molar-refractivity contribution >= 4 is 13.6 Å². The second kappa shape index (κ2) is 15.8. The van der Waals surface area contributed by atoms with Gasteiger partial charge < -0.3 is 4.74 Å². The third-order valence-corrected chi connectivity index (χ3v) is 1.99. The van der Waals surface area contributed by atoms with Gasteiger partial charge in [-0.3, -0.25) is 9.59 Å². The van der Waals surface area contributed by atoms with Gasteiger partial charge in [-0.1, -0.05) is 0 Å².